The Balaban J connectivity index is 2.18. The summed E-state index contributed by atoms with van der Waals surface area (Å²) in [6.45, 7) is 0.397. The first-order chi connectivity index (χ1) is 8.99. The first kappa shape index (κ1) is 13.4. The molecule has 1 aromatic carbocycles. The topological polar surface area (TPSA) is 48.1 Å². The van der Waals surface area contributed by atoms with Gasteiger partial charge in [-0.25, -0.2) is 0 Å². The number of nitrogens with two attached hydrogens (primary N) is 1. The molecule has 0 radical (unpaired) electrons. The van der Waals surface area contributed by atoms with Crippen molar-refractivity contribution in [2.45, 2.75) is 12.7 Å². The van der Waals surface area contributed by atoms with Crippen LogP contribution in [0.25, 0.3) is 0 Å². The van der Waals surface area contributed by atoms with Crippen LogP contribution in [0.15, 0.2) is 42.6 Å². The predicted octanol–water partition coefficient (Wildman–Crippen LogP) is 3.35. The van der Waals surface area contributed by atoms with E-state index in [1.807, 2.05) is 0 Å². The number of hydrogen-bond acceptors (Lipinski definition) is 3. The Hall–Kier alpha value is -2.08. The van der Waals surface area contributed by atoms with E-state index in [-0.39, 0.29) is 5.75 Å². The number of rotatable bonds is 3. The number of aromatic nitrogens is 1. The molecule has 1 aromatic heterocycles. The number of benzene rings is 1. The summed E-state index contributed by atoms with van der Waals surface area (Å²) in [5, 5.41) is 0. The maximum Gasteiger partial charge on any atom is 0.433 e. The first-order valence-corrected chi connectivity index (χ1v) is 5.49. The van der Waals surface area contributed by atoms with E-state index >= 15 is 0 Å². The standard InChI is InChI=1S/C13H11F3N2O/c14-13(15,16)12-7-11(5-6-18-12)19-10-3-1-9(8-17)2-4-10/h1-7H,8,17H2. The molecular formula is C13H11F3N2O. The molecule has 0 fully saturated rings. The third-order valence-corrected chi connectivity index (χ3v) is 2.42. The molecule has 2 rings (SSSR count). The van der Waals surface area contributed by atoms with Crippen molar-refractivity contribution in [3.8, 4) is 11.5 Å². The molecule has 0 atom stereocenters. The van der Waals surface area contributed by atoms with Crippen molar-refractivity contribution in [3.05, 3.63) is 53.9 Å². The normalized spacial score (nSPS) is 11.4. The van der Waals surface area contributed by atoms with Crippen LogP contribution >= 0.6 is 0 Å². The van der Waals surface area contributed by atoms with Gasteiger partial charge in [-0.05, 0) is 23.8 Å². The van der Waals surface area contributed by atoms with E-state index in [4.69, 9.17) is 10.5 Å². The van der Waals surface area contributed by atoms with Crippen molar-refractivity contribution in [1.82, 2.24) is 4.98 Å². The van der Waals surface area contributed by atoms with Gasteiger partial charge in [0.05, 0.1) is 0 Å². The molecule has 2 aromatic rings. The van der Waals surface area contributed by atoms with Crippen LogP contribution in [0.5, 0.6) is 11.5 Å². The van der Waals surface area contributed by atoms with Gasteiger partial charge in [-0.15, -0.1) is 0 Å². The third-order valence-electron chi connectivity index (χ3n) is 2.42. The molecule has 0 bridgehead atoms. The molecule has 2 N–H and O–H groups in total. The number of hydrogen-bond donors (Lipinski definition) is 1. The number of alkyl halides is 3. The van der Waals surface area contributed by atoms with Gasteiger partial charge in [-0.3, -0.25) is 4.98 Å². The van der Waals surface area contributed by atoms with Crippen molar-refractivity contribution in [1.29, 1.82) is 0 Å². The molecule has 0 unspecified atom stereocenters. The minimum Gasteiger partial charge on any atom is -0.457 e. The van der Waals surface area contributed by atoms with Crippen LogP contribution in [-0.2, 0) is 12.7 Å². The fourth-order valence-electron chi connectivity index (χ4n) is 1.46. The smallest absolute Gasteiger partial charge is 0.433 e. The van der Waals surface area contributed by atoms with Gasteiger partial charge in [0, 0.05) is 18.8 Å². The fraction of sp³-hybridized carbons (Fsp3) is 0.154. The molecular weight excluding hydrogens is 257 g/mol. The summed E-state index contributed by atoms with van der Waals surface area (Å²) in [4.78, 5) is 3.26. The van der Waals surface area contributed by atoms with Gasteiger partial charge in [-0.1, -0.05) is 12.1 Å². The van der Waals surface area contributed by atoms with E-state index in [0.29, 0.717) is 12.3 Å². The summed E-state index contributed by atoms with van der Waals surface area (Å²) in [5.41, 5.74) is 5.38. The second-order valence-corrected chi connectivity index (χ2v) is 3.82. The highest BCUT2D eigenvalue weighted by Crippen LogP contribution is 2.30. The van der Waals surface area contributed by atoms with E-state index in [1.54, 1.807) is 24.3 Å². The van der Waals surface area contributed by atoms with Crippen molar-refractivity contribution >= 4 is 0 Å². The quantitative estimate of drug-likeness (QED) is 0.928. The minimum absolute atomic E-state index is 0.0859. The fourth-order valence-corrected chi connectivity index (χ4v) is 1.46. The van der Waals surface area contributed by atoms with E-state index in [1.165, 1.54) is 6.07 Å². The van der Waals surface area contributed by atoms with Gasteiger partial charge in [-0.2, -0.15) is 13.2 Å². The maximum atomic E-state index is 12.5. The zero-order chi connectivity index (χ0) is 13.9. The largest absolute Gasteiger partial charge is 0.457 e. The lowest BCUT2D eigenvalue weighted by Crippen LogP contribution is -2.07. The molecule has 0 spiro atoms. The maximum absolute atomic E-state index is 12.5. The molecule has 0 saturated carbocycles. The Morgan fingerprint density at radius 1 is 1.05 bits per heavy atom. The van der Waals surface area contributed by atoms with Crippen LogP contribution in [0.2, 0.25) is 0 Å². The molecule has 100 valence electrons. The Morgan fingerprint density at radius 3 is 2.32 bits per heavy atom. The van der Waals surface area contributed by atoms with Crippen LogP contribution in [-0.4, -0.2) is 4.98 Å². The number of nitrogens with zero attached hydrogens (tertiary/aromatic N) is 1. The zero-order valence-corrected chi connectivity index (χ0v) is 9.82. The number of ether oxygens (including phenoxy) is 1. The second kappa shape index (κ2) is 5.27. The first-order valence-electron chi connectivity index (χ1n) is 5.49. The number of halogens is 3. The van der Waals surface area contributed by atoms with Crippen LogP contribution in [0.1, 0.15) is 11.3 Å². The van der Waals surface area contributed by atoms with Crippen molar-refractivity contribution in [2.24, 2.45) is 5.73 Å². The average molecular weight is 268 g/mol. The SMILES string of the molecule is NCc1ccc(Oc2ccnc(C(F)(F)F)c2)cc1. The van der Waals surface area contributed by atoms with Crippen LogP contribution in [0.4, 0.5) is 13.2 Å². The van der Waals surface area contributed by atoms with Crippen LogP contribution in [0, 0.1) is 0 Å². The molecule has 1 heterocycles. The second-order valence-electron chi connectivity index (χ2n) is 3.82. The summed E-state index contributed by atoms with van der Waals surface area (Å²) in [6.07, 6.45) is -3.42. The van der Waals surface area contributed by atoms with Crippen molar-refractivity contribution in [3.63, 3.8) is 0 Å². The minimum atomic E-state index is -4.48. The number of pyridine rings is 1. The highest BCUT2D eigenvalue weighted by molar-refractivity contribution is 5.33. The highest BCUT2D eigenvalue weighted by atomic mass is 19.4. The van der Waals surface area contributed by atoms with E-state index in [2.05, 4.69) is 4.98 Å². The average Bonchev–Trinajstić information content (AvgIpc) is 2.39. The van der Waals surface area contributed by atoms with Gasteiger partial charge >= 0.3 is 6.18 Å². The van der Waals surface area contributed by atoms with Gasteiger partial charge < -0.3 is 10.5 Å². The Morgan fingerprint density at radius 2 is 1.74 bits per heavy atom. The molecule has 0 aliphatic carbocycles. The summed E-state index contributed by atoms with van der Waals surface area (Å²) in [5.74, 6) is 0.527. The molecule has 0 saturated heterocycles. The van der Waals surface area contributed by atoms with E-state index in [9.17, 15) is 13.2 Å². The lowest BCUT2D eigenvalue weighted by atomic mass is 10.2. The Labute approximate surface area is 107 Å². The lowest BCUT2D eigenvalue weighted by molar-refractivity contribution is -0.141. The van der Waals surface area contributed by atoms with E-state index < -0.39 is 11.9 Å². The summed E-state index contributed by atoms with van der Waals surface area (Å²) in [6, 6.07) is 9.02. The van der Waals surface area contributed by atoms with Crippen LogP contribution < -0.4 is 10.5 Å². The van der Waals surface area contributed by atoms with Gasteiger partial charge in [0.25, 0.3) is 0 Å². The van der Waals surface area contributed by atoms with Crippen molar-refractivity contribution < 1.29 is 17.9 Å². The summed E-state index contributed by atoms with van der Waals surface area (Å²) >= 11 is 0. The van der Waals surface area contributed by atoms with E-state index in [0.717, 1.165) is 17.8 Å². The highest BCUT2D eigenvalue weighted by Gasteiger charge is 2.32. The van der Waals surface area contributed by atoms with Crippen LogP contribution in [0.3, 0.4) is 0 Å². The van der Waals surface area contributed by atoms with Crippen molar-refractivity contribution in [2.75, 3.05) is 0 Å². The zero-order valence-electron chi connectivity index (χ0n) is 9.82. The Kier molecular flexibility index (Phi) is 3.71. The summed E-state index contributed by atoms with van der Waals surface area (Å²) in [7, 11) is 0. The molecule has 0 amide bonds. The molecule has 19 heavy (non-hydrogen) atoms. The molecule has 6 heteroatoms. The monoisotopic (exact) mass is 268 g/mol. The van der Waals surface area contributed by atoms with Gasteiger partial charge in [0.2, 0.25) is 0 Å². The van der Waals surface area contributed by atoms with Gasteiger partial charge in [0.15, 0.2) is 0 Å². The Bertz CT molecular complexity index is 553. The third kappa shape index (κ3) is 3.45. The van der Waals surface area contributed by atoms with Gasteiger partial charge in [0.1, 0.15) is 17.2 Å². The molecule has 3 nitrogen and oxygen atoms in total. The molecule has 0 aliphatic rings. The predicted molar refractivity (Wildman–Crippen MR) is 63.6 cm³/mol. The molecule has 0 aliphatic heterocycles. The lowest BCUT2D eigenvalue weighted by Gasteiger charge is -2.09. The summed E-state index contributed by atoms with van der Waals surface area (Å²) < 4.78 is 42.8.